The molecule has 0 radical (unpaired) electrons. The third-order valence-corrected chi connectivity index (χ3v) is 3.69. The van der Waals surface area contributed by atoms with Gasteiger partial charge in [0.1, 0.15) is 11.8 Å². The summed E-state index contributed by atoms with van der Waals surface area (Å²) in [6, 6.07) is 6.49. The molecule has 0 aliphatic carbocycles. The lowest BCUT2D eigenvalue weighted by molar-refractivity contribution is -0.123. The van der Waals surface area contributed by atoms with Crippen molar-refractivity contribution < 1.29 is 14.3 Å². The lowest BCUT2D eigenvalue weighted by atomic mass is 10.0. The zero-order valence-electron chi connectivity index (χ0n) is 15.4. The van der Waals surface area contributed by atoms with E-state index in [4.69, 9.17) is 4.74 Å². The van der Waals surface area contributed by atoms with Gasteiger partial charge in [0, 0.05) is 6.54 Å². The molecule has 1 atom stereocenters. The van der Waals surface area contributed by atoms with Gasteiger partial charge in [-0.05, 0) is 37.3 Å². The first-order valence-corrected chi connectivity index (χ1v) is 8.67. The summed E-state index contributed by atoms with van der Waals surface area (Å²) in [5.74, 6) is 0.604. The van der Waals surface area contributed by atoms with Gasteiger partial charge in [-0.15, -0.1) is 0 Å². The first kappa shape index (κ1) is 20.0. The van der Waals surface area contributed by atoms with Gasteiger partial charge in [0.05, 0.1) is 12.2 Å². The van der Waals surface area contributed by atoms with Gasteiger partial charge in [-0.1, -0.05) is 39.8 Å². The second kappa shape index (κ2) is 9.96. The van der Waals surface area contributed by atoms with Gasteiger partial charge >= 0.3 is 0 Å². The van der Waals surface area contributed by atoms with Gasteiger partial charge in [0.25, 0.3) is 5.91 Å². The number of hydrogen-bond donors (Lipinski definition) is 2. The van der Waals surface area contributed by atoms with Crippen LogP contribution in [0.2, 0.25) is 0 Å². The molecule has 0 saturated heterocycles. The zero-order valence-corrected chi connectivity index (χ0v) is 15.4. The van der Waals surface area contributed by atoms with Gasteiger partial charge in [0.15, 0.2) is 0 Å². The van der Waals surface area contributed by atoms with Crippen LogP contribution in [0.1, 0.15) is 51.4 Å². The number of ether oxygens (including phenoxy) is 1. The summed E-state index contributed by atoms with van der Waals surface area (Å²) in [5.41, 5.74) is 0.444. The smallest absolute Gasteiger partial charge is 0.255 e. The molecule has 1 unspecified atom stereocenters. The van der Waals surface area contributed by atoms with Crippen molar-refractivity contribution in [2.45, 2.75) is 47.1 Å². The topological polar surface area (TPSA) is 67.4 Å². The van der Waals surface area contributed by atoms with Crippen LogP contribution in [0.5, 0.6) is 5.75 Å². The van der Waals surface area contributed by atoms with Crippen LogP contribution in [0, 0.1) is 11.8 Å². The Labute approximate surface area is 145 Å². The Morgan fingerprint density at radius 3 is 2.38 bits per heavy atom. The normalized spacial score (nSPS) is 12.1. The molecular formula is C19H30N2O3. The summed E-state index contributed by atoms with van der Waals surface area (Å²) in [7, 11) is 0. The predicted molar refractivity (Wildman–Crippen MR) is 96.2 cm³/mol. The fraction of sp³-hybridized carbons (Fsp3) is 0.579. The predicted octanol–water partition coefficient (Wildman–Crippen LogP) is 3.00. The number of benzene rings is 1. The third-order valence-electron chi connectivity index (χ3n) is 3.69. The maximum Gasteiger partial charge on any atom is 0.255 e. The lowest BCUT2D eigenvalue weighted by Crippen LogP contribution is -2.50. The number of carbonyl (C=O) groups excluding carboxylic acids is 2. The SMILES string of the molecule is CCOc1ccccc1C(=O)NC(C(=O)NCCC(C)C)C(C)C. The molecule has 0 aliphatic rings. The summed E-state index contributed by atoms with van der Waals surface area (Å²) in [6.45, 7) is 11.0. The van der Waals surface area contributed by atoms with Crippen LogP contribution in [-0.2, 0) is 4.79 Å². The third kappa shape index (κ3) is 6.22. The van der Waals surface area contributed by atoms with Gasteiger partial charge in [-0.2, -0.15) is 0 Å². The highest BCUT2D eigenvalue weighted by Gasteiger charge is 2.25. The maximum absolute atomic E-state index is 12.6. The Bertz CT molecular complexity index is 541. The fourth-order valence-corrected chi connectivity index (χ4v) is 2.28. The van der Waals surface area contributed by atoms with Gasteiger partial charge in [0.2, 0.25) is 5.91 Å². The number of para-hydroxylation sites is 1. The molecule has 1 rings (SSSR count). The summed E-state index contributed by atoms with van der Waals surface area (Å²) < 4.78 is 5.49. The Hall–Kier alpha value is -2.04. The second-order valence-corrected chi connectivity index (χ2v) is 6.60. The highest BCUT2D eigenvalue weighted by molar-refractivity contribution is 5.99. The van der Waals surface area contributed by atoms with Gasteiger partial charge in [-0.3, -0.25) is 9.59 Å². The van der Waals surface area contributed by atoms with Crippen LogP contribution in [0.4, 0.5) is 0 Å². The molecule has 0 fully saturated rings. The molecule has 5 nitrogen and oxygen atoms in total. The molecule has 24 heavy (non-hydrogen) atoms. The van der Waals surface area contributed by atoms with Crippen LogP contribution in [0.25, 0.3) is 0 Å². The van der Waals surface area contributed by atoms with E-state index in [-0.39, 0.29) is 17.7 Å². The minimum Gasteiger partial charge on any atom is -0.493 e. The Morgan fingerprint density at radius 1 is 1.12 bits per heavy atom. The van der Waals surface area contributed by atoms with E-state index >= 15 is 0 Å². The standard InChI is InChI=1S/C19H30N2O3/c1-6-24-16-10-8-7-9-15(16)18(22)21-17(14(4)5)19(23)20-12-11-13(2)3/h7-10,13-14,17H,6,11-12H2,1-5H3,(H,20,23)(H,21,22). The summed E-state index contributed by atoms with van der Waals surface area (Å²) >= 11 is 0. The zero-order chi connectivity index (χ0) is 18.1. The van der Waals surface area contributed by atoms with E-state index in [9.17, 15) is 9.59 Å². The number of amides is 2. The second-order valence-electron chi connectivity index (χ2n) is 6.60. The van der Waals surface area contributed by atoms with E-state index in [0.717, 1.165) is 6.42 Å². The number of rotatable bonds is 9. The van der Waals surface area contributed by atoms with E-state index in [1.165, 1.54) is 0 Å². The Morgan fingerprint density at radius 2 is 1.79 bits per heavy atom. The van der Waals surface area contributed by atoms with Crippen LogP contribution in [-0.4, -0.2) is 31.0 Å². The first-order chi connectivity index (χ1) is 11.4. The first-order valence-electron chi connectivity index (χ1n) is 8.67. The Balaban J connectivity index is 2.78. The van der Waals surface area contributed by atoms with Crippen molar-refractivity contribution in [2.75, 3.05) is 13.2 Å². The molecular weight excluding hydrogens is 304 g/mol. The molecule has 5 heteroatoms. The molecule has 2 N–H and O–H groups in total. The summed E-state index contributed by atoms with van der Waals surface area (Å²) in [5, 5.41) is 5.75. The number of carbonyl (C=O) groups is 2. The Kier molecular flexibility index (Phi) is 8.30. The van der Waals surface area contributed by atoms with Crippen molar-refractivity contribution in [3.63, 3.8) is 0 Å². The van der Waals surface area contributed by atoms with Crippen LogP contribution < -0.4 is 15.4 Å². The molecule has 2 amide bonds. The van der Waals surface area contributed by atoms with Crippen molar-refractivity contribution in [3.8, 4) is 5.75 Å². The van der Waals surface area contributed by atoms with Gasteiger partial charge < -0.3 is 15.4 Å². The van der Waals surface area contributed by atoms with Crippen LogP contribution >= 0.6 is 0 Å². The van der Waals surface area contributed by atoms with Crippen LogP contribution in [0.15, 0.2) is 24.3 Å². The van der Waals surface area contributed by atoms with Crippen molar-refractivity contribution >= 4 is 11.8 Å². The minimum absolute atomic E-state index is 0.00717. The molecule has 1 aromatic carbocycles. The molecule has 0 heterocycles. The van der Waals surface area contributed by atoms with E-state index in [1.54, 1.807) is 18.2 Å². The van der Waals surface area contributed by atoms with E-state index in [0.29, 0.717) is 30.4 Å². The monoisotopic (exact) mass is 334 g/mol. The summed E-state index contributed by atoms with van der Waals surface area (Å²) in [6.07, 6.45) is 0.914. The average Bonchev–Trinajstić information content (AvgIpc) is 2.52. The molecule has 0 bridgehead atoms. The van der Waals surface area contributed by atoms with Crippen LogP contribution in [0.3, 0.4) is 0 Å². The van der Waals surface area contributed by atoms with E-state index < -0.39 is 6.04 Å². The molecule has 1 aromatic rings. The molecule has 134 valence electrons. The number of nitrogens with one attached hydrogen (secondary N) is 2. The van der Waals surface area contributed by atoms with Gasteiger partial charge in [-0.25, -0.2) is 0 Å². The minimum atomic E-state index is -0.570. The lowest BCUT2D eigenvalue weighted by Gasteiger charge is -2.22. The quantitative estimate of drug-likeness (QED) is 0.729. The largest absolute Gasteiger partial charge is 0.493 e. The van der Waals surface area contributed by atoms with E-state index in [1.807, 2.05) is 26.8 Å². The number of hydrogen-bond acceptors (Lipinski definition) is 3. The average molecular weight is 334 g/mol. The molecule has 0 aromatic heterocycles. The van der Waals surface area contributed by atoms with E-state index in [2.05, 4.69) is 24.5 Å². The summed E-state index contributed by atoms with van der Waals surface area (Å²) in [4.78, 5) is 25.0. The van der Waals surface area contributed by atoms with Crippen molar-refractivity contribution in [3.05, 3.63) is 29.8 Å². The maximum atomic E-state index is 12.6. The molecule has 0 aliphatic heterocycles. The van der Waals surface area contributed by atoms with Crippen molar-refractivity contribution in [1.82, 2.24) is 10.6 Å². The highest BCUT2D eigenvalue weighted by Crippen LogP contribution is 2.18. The van der Waals surface area contributed by atoms with Crippen molar-refractivity contribution in [2.24, 2.45) is 11.8 Å². The fourth-order valence-electron chi connectivity index (χ4n) is 2.28. The van der Waals surface area contributed by atoms with Crippen molar-refractivity contribution in [1.29, 1.82) is 0 Å². The molecule has 0 saturated carbocycles. The highest BCUT2D eigenvalue weighted by atomic mass is 16.5. The molecule has 0 spiro atoms.